The number of rotatable bonds is 4. The fourth-order valence-electron chi connectivity index (χ4n) is 2.66. The third-order valence-corrected chi connectivity index (χ3v) is 5.20. The van der Waals surface area contributed by atoms with E-state index < -0.39 is 10.0 Å². The molecule has 1 aromatic heterocycles. The van der Waals surface area contributed by atoms with E-state index in [0.29, 0.717) is 32.7 Å². The predicted molar refractivity (Wildman–Crippen MR) is 86.7 cm³/mol. The van der Waals surface area contributed by atoms with Crippen molar-refractivity contribution in [3.05, 3.63) is 34.7 Å². The number of piperazine rings is 1. The van der Waals surface area contributed by atoms with Crippen LogP contribution >= 0.6 is 0 Å². The van der Waals surface area contributed by atoms with E-state index in [4.69, 9.17) is 0 Å². The standard InChI is InChI=1S/C14H22N4O4S/c1-12-11-17(9-10-18(12)23(2,21)22)14(20)15-6-8-16-7-4-3-5-13(16)19/h3-5,7,12H,6,8-11H2,1-2H3,(H,15,20)/t12-/m0/s1. The lowest BCUT2D eigenvalue weighted by Crippen LogP contribution is -2.57. The van der Waals surface area contributed by atoms with Crippen molar-refractivity contribution in [1.29, 1.82) is 0 Å². The molecule has 2 amide bonds. The van der Waals surface area contributed by atoms with Crippen LogP contribution < -0.4 is 10.9 Å². The number of amides is 2. The van der Waals surface area contributed by atoms with Crippen molar-refractivity contribution < 1.29 is 13.2 Å². The Morgan fingerprint density at radius 3 is 2.70 bits per heavy atom. The van der Waals surface area contributed by atoms with E-state index in [1.165, 1.54) is 21.2 Å². The van der Waals surface area contributed by atoms with Crippen molar-refractivity contribution in [2.24, 2.45) is 0 Å². The minimum atomic E-state index is -3.25. The number of nitrogens with one attached hydrogen (secondary N) is 1. The van der Waals surface area contributed by atoms with E-state index in [2.05, 4.69) is 5.32 Å². The van der Waals surface area contributed by atoms with E-state index in [-0.39, 0.29) is 17.6 Å². The maximum absolute atomic E-state index is 12.1. The van der Waals surface area contributed by atoms with Gasteiger partial charge in [-0.3, -0.25) is 4.79 Å². The molecule has 0 aromatic carbocycles. The van der Waals surface area contributed by atoms with Crippen molar-refractivity contribution in [1.82, 2.24) is 19.1 Å². The highest BCUT2D eigenvalue weighted by Crippen LogP contribution is 2.13. The molecule has 0 saturated carbocycles. The summed E-state index contributed by atoms with van der Waals surface area (Å²) in [7, 11) is -3.25. The maximum Gasteiger partial charge on any atom is 0.317 e. The highest BCUT2D eigenvalue weighted by molar-refractivity contribution is 7.88. The van der Waals surface area contributed by atoms with Crippen LogP contribution in [0.25, 0.3) is 0 Å². The van der Waals surface area contributed by atoms with Crippen molar-refractivity contribution in [2.45, 2.75) is 19.5 Å². The van der Waals surface area contributed by atoms with Crippen LogP contribution in [-0.2, 0) is 16.6 Å². The number of sulfonamides is 1. The van der Waals surface area contributed by atoms with Crippen LogP contribution in [0.4, 0.5) is 4.79 Å². The average Bonchev–Trinajstić information content (AvgIpc) is 2.47. The van der Waals surface area contributed by atoms with Crippen LogP contribution in [0, 0.1) is 0 Å². The highest BCUT2D eigenvalue weighted by Gasteiger charge is 2.31. The normalized spacial score (nSPS) is 19.6. The van der Waals surface area contributed by atoms with Crippen molar-refractivity contribution in [2.75, 3.05) is 32.4 Å². The van der Waals surface area contributed by atoms with Gasteiger partial charge in [0, 0.05) is 51.0 Å². The van der Waals surface area contributed by atoms with E-state index in [1.54, 1.807) is 30.2 Å². The lowest BCUT2D eigenvalue weighted by Gasteiger charge is -2.38. The zero-order valence-electron chi connectivity index (χ0n) is 13.3. The molecule has 1 aliphatic heterocycles. The van der Waals surface area contributed by atoms with Gasteiger partial charge in [0.15, 0.2) is 0 Å². The number of hydrogen-bond donors (Lipinski definition) is 1. The smallest absolute Gasteiger partial charge is 0.317 e. The molecule has 0 aliphatic carbocycles. The van der Waals surface area contributed by atoms with Crippen LogP contribution in [0.1, 0.15) is 6.92 Å². The van der Waals surface area contributed by atoms with Gasteiger partial charge in [-0.25, -0.2) is 13.2 Å². The van der Waals surface area contributed by atoms with Gasteiger partial charge in [0.25, 0.3) is 5.56 Å². The number of carbonyl (C=O) groups excluding carboxylic acids is 1. The third kappa shape index (κ3) is 4.55. The lowest BCUT2D eigenvalue weighted by atomic mass is 10.2. The molecule has 0 radical (unpaired) electrons. The lowest BCUT2D eigenvalue weighted by molar-refractivity contribution is 0.148. The molecule has 128 valence electrons. The molecule has 8 nitrogen and oxygen atoms in total. The van der Waals surface area contributed by atoms with E-state index in [9.17, 15) is 18.0 Å². The Kier molecular flexibility index (Phi) is 5.42. The first-order chi connectivity index (χ1) is 10.8. The van der Waals surface area contributed by atoms with Gasteiger partial charge in [0.1, 0.15) is 0 Å². The summed E-state index contributed by atoms with van der Waals surface area (Å²) in [5.41, 5.74) is -0.114. The van der Waals surface area contributed by atoms with Gasteiger partial charge >= 0.3 is 6.03 Å². The Hall–Kier alpha value is -1.87. The Labute approximate surface area is 135 Å². The Balaban J connectivity index is 1.83. The quantitative estimate of drug-likeness (QED) is 0.800. The molecule has 1 fully saturated rings. The average molecular weight is 342 g/mol. The third-order valence-electron chi connectivity index (χ3n) is 3.81. The van der Waals surface area contributed by atoms with Crippen molar-refractivity contribution in [3.8, 4) is 0 Å². The van der Waals surface area contributed by atoms with E-state index in [0.717, 1.165) is 0 Å². The molecule has 1 aromatic rings. The summed E-state index contributed by atoms with van der Waals surface area (Å²) in [6.07, 6.45) is 2.85. The second-order valence-electron chi connectivity index (χ2n) is 5.63. The molecular weight excluding hydrogens is 320 g/mol. The zero-order valence-corrected chi connectivity index (χ0v) is 14.1. The van der Waals surface area contributed by atoms with Crippen LogP contribution in [0.5, 0.6) is 0 Å². The predicted octanol–water partition coefficient (Wildman–Crippen LogP) is -0.476. The number of urea groups is 1. The summed E-state index contributed by atoms with van der Waals surface area (Å²) in [6, 6.07) is 4.40. The fraction of sp³-hybridized carbons (Fsp3) is 0.571. The first-order valence-electron chi connectivity index (χ1n) is 7.44. The molecule has 23 heavy (non-hydrogen) atoms. The largest absolute Gasteiger partial charge is 0.336 e. The minimum Gasteiger partial charge on any atom is -0.336 e. The molecule has 9 heteroatoms. The highest BCUT2D eigenvalue weighted by atomic mass is 32.2. The monoisotopic (exact) mass is 342 g/mol. The van der Waals surface area contributed by atoms with Crippen molar-refractivity contribution in [3.63, 3.8) is 0 Å². The Morgan fingerprint density at radius 1 is 1.35 bits per heavy atom. The van der Waals surface area contributed by atoms with Crippen LogP contribution in [0.2, 0.25) is 0 Å². The van der Waals surface area contributed by atoms with Gasteiger partial charge in [-0.1, -0.05) is 6.07 Å². The van der Waals surface area contributed by atoms with Gasteiger partial charge in [0.2, 0.25) is 10.0 Å². The number of carbonyl (C=O) groups is 1. The molecule has 0 unspecified atom stereocenters. The summed E-state index contributed by atoms with van der Waals surface area (Å²) in [4.78, 5) is 25.3. The molecule has 0 spiro atoms. The van der Waals surface area contributed by atoms with Gasteiger partial charge in [-0.2, -0.15) is 4.31 Å². The SMILES string of the molecule is C[C@H]1CN(C(=O)NCCn2ccccc2=O)CCN1S(C)(=O)=O. The topological polar surface area (TPSA) is 91.7 Å². The summed E-state index contributed by atoms with van der Waals surface area (Å²) < 4.78 is 26.1. The number of nitrogens with zero attached hydrogens (tertiary/aromatic N) is 3. The molecule has 1 saturated heterocycles. The molecule has 0 bridgehead atoms. The van der Waals surface area contributed by atoms with Gasteiger partial charge in [-0.05, 0) is 13.0 Å². The van der Waals surface area contributed by atoms with E-state index >= 15 is 0 Å². The molecule has 1 aliphatic rings. The van der Waals surface area contributed by atoms with Gasteiger partial charge in [-0.15, -0.1) is 0 Å². The molecule has 1 N–H and O–H groups in total. The summed E-state index contributed by atoms with van der Waals surface area (Å²) in [5, 5.41) is 2.76. The molecular formula is C14H22N4O4S. The Morgan fingerprint density at radius 2 is 2.09 bits per heavy atom. The zero-order chi connectivity index (χ0) is 17.0. The summed E-state index contributed by atoms with van der Waals surface area (Å²) >= 11 is 0. The Bertz CT molecular complexity index is 715. The minimum absolute atomic E-state index is 0.114. The summed E-state index contributed by atoms with van der Waals surface area (Å²) in [5.74, 6) is 0. The second kappa shape index (κ2) is 7.14. The molecule has 1 atom stereocenters. The maximum atomic E-state index is 12.1. The van der Waals surface area contributed by atoms with E-state index in [1.807, 2.05) is 0 Å². The first-order valence-corrected chi connectivity index (χ1v) is 9.29. The summed E-state index contributed by atoms with van der Waals surface area (Å²) in [6.45, 7) is 3.52. The second-order valence-corrected chi connectivity index (χ2v) is 7.57. The van der Waals surface area contributed by atoms with Crippen LogP contribution in [0.15, 0.2) is 29.2 Å². The fourth-order valence-corrected chi connectivity index (χ4v) is 3.79. The number of hydrogen-bond acceptors (Lipinski definition) is 4. The van der Waals surface area contributed by atoms with Crippen LogP contribution in [-0.4, -0.2) is 66.7 Å². The number of aromatic nitrogens is 1. The molecule has 2 rings (SSSR count). The molecule has 2 heterocycles. The van der Waals surface area contributed by atoms with Crippen molar-refractivity contribution >= 4 is 16.1 Å². The van der Waals surface area contributed by atoms with Crippen LogP contribution in [0.3, 0.4) is 0 Å². The van der Waals surface area contributed by atoms with Gasteiger partial charge in [0.05, 0.1) is 6.26 Å². The first kappa shape index (κ1) is 17.5. The number of pyridine rings is 1. The van der Waals surface area contributed by atoms with Gasteiger partial charge < -0.3 is 14.8 Å².